The van der Waals surface area contributed by atoms with Crippen LogP contribution < -0.4 is 64.4 Å². The van der Waals surface area contributed by atoms with Crippen molar-refractivity contribution in [3.8, 4) is 5.75 Å². The van der Waals surface area contributed by atoms with Crippen LogP contribution in [-0.4, -0.2) is 37.0 Å². The molecule has 0 aliphatic carbocycles. The van der Waals surface area contributed by atoms with Gasteiger partial charge in [0.25, 0.3) is 0 Å². The van der Waals surface area contributed by atoms with E-state index in [1.54, 1.807) is 0 Å². The fourth-order valence-electron chi connectivity index (χ4n) is 2.07. The second-order valence-corrected chi connectivity index (χ2v) is 7.29. The Kier molecular flexibility index (Phi) is 8.58. The summed E-state index contributed by atoms with van der Waals surface area (Å²) in [4.78, 5) is 9.42. The molecule has 1 amide bonds. The summed E-state index contributed by atoms with van der Waals surface area (Å²) in [6, 6.07) is 3.18. The number of hydrogen-bond donors (Lipinski definition) is 2. The molecular formula is C12H9NNa2O8S2. The minimum atomic E-state index is -5.02. The first-order valence-corrected chi connectivity index (χ1v) is 8.72. The van der Waals surface area contributed by atoms with Gasteiger partial charge in [0.15, 0.2) is 0 Å². The third kappa shape index (κ3) is 5.63. The van der Waals surface area contributed by atoms with Crippen molar-refractivity contribution in [2.45, 2.75) is 16.7 Å². The normalized spacial score (nSPS) is 11.3. The fraction of sp³-hybridized carbons (Fsp3) is 0.0833. The van der Waals surface area contributed by atoms with E-state index in [1.807, 2.05) is 0 Å². The zero-order valence-corrected chi connectivity index (χ0v) is 19.1. The van der Waals surface area contributed by atoms with Gasteiger partial charge in [-0.25, -0.2) is 16.8 Å². The topological polar surface area (TPSA) is 164 Å². The van der Waals surface area contributed by atoms with E-state index in [0.717, 1.165) is 19.1 Å². The van der Waals surface area contributed by atoms with Crippen LogP contribution >= 0.6 is 0 Å². The molecule has 0 spiro atoms. The molecule has 124 valence electrons. The second-order valence-electron chi connectivity index (χ2n) is 4.57. The van der Waals surface area contributed by atoms with Crippen LogP contribution in [0.5, 0.6) is 5.75 Å². The van der Waals surface area contributed by atoms with Crippen LogP contribution in [0.1, 0.15) is 6.92 Å². The Bertz CT molecular complexity index is 1030. The Balaban J connectivity index is 0.00000288. The number of amides is 1. The van der Waals surface area contributed by atoms with E-state index in [4.69, 9.17) is 0 Å². The number of hydrogen-bond acceptors (Lipinski definition) is 8. The Morgan fingerprint density at radius 1 is 1.04 bits per heavy atom. The summed E-state index contributed by atoms with van der Waals surface area (Å²) in [6.45, 7) is 1.15. The Labute approximate surface area is 187 Å². The molecule has 2 rings (SSSR count). The van der Waals surface area contributed by atoms with Gasteiger partial charge in [-0.15, -0.1) is 0 Å². The number of fused-ring (bicyclic) bond motifs is 1. The Morgan fingerprint density at radius 2 is 1.60 bits per heavy atom. The zero-order valence-electron chi connectivity index (χ0n) is 13.4. The molecule has 0 fully saturated rings. The van der Waals surface area contributed by atoms with Gasteiger partial charge in [0, 0.05) is 17.7 Å². The van der Waals surface area contributed by atoms with Crippen LogP contribution in [0, 0.1) is 0 Å². The maximum absolute atomic E-state index is 11.3. The molecule has 25 heavy (non-hydrogen) atoms. The first kappa shape index (κ1) is 24.8. The molecule has 0 bridgehead atoms. The van der Waals surface area contributed by atoms with E-state index in [9.17, 15) is 35.8 Å². The summed E-state index contributed by atoms with van der Waals surface area (Å²) >= 11 is 0. The Morgan fingerprint density at radius 3 is 2.04 bits per heavy atom. The molecule has 0 unspecified atom stereocenters. The molecule has 13 heteroatoms. The molecule has 0 saturated heterocycles. The molecule has 2 aromatic carbocycles. The molecule has 9 nitrogen and oxygen atoms in total. The van der Waals surface area contributed by atoms with E-state index in [2.05, 4.69) is 5.32 Å². The predicted octanol–water partition coefficient (Wildman–Crippen LogP) is -5.68. The molecule has 0 aliphatic heterocycles. The van der Waals surface area contributed by atoms with Crippen molar-refractivity contribution >= 4 is 42.6 Å². The molecule has 2 N–H and O–H groups in total. The summed E-state index contributed by atoms with van der Waals surface area (Å²) < 4.78 is 67.2. The van der Waals surface area contributed by atoms with Crippen LogP contribution in [0.4, 0.5) is 5.69 Å². The third-order valence-corrected chi connectivity index (χ3v) is 4.60. The van der Waals surface area contributed by atoms with E-state index in [-0.39, 0.29) is 70.2 Å². The molecule has 0 aliphatic rings. The minimum absolute atomic E-state index is 0. The average Bonchev–Trinajstić information content (AvgIpc) is 2.34. The maximum Gasteiger partial charge on any atom is 1.00 e. The van der Waals surface area contributed by atoms with Crippen molar-refractivity contribution < 1.29 is 95.0 Å². The van der Waals surface area contributed by atoms with Gasteiger partial charge in [-0.05, 0) is 24.3 Å². The van der Waals surface area contributed by atoms with Crippen LogP contribution in [-0.2, 0) is 25.0 Å². The smallest absolute Gasteiger partial charge is 0.744 e. The van der Waals surface area contributed by atoms with Crippen molar-refractivity contribution in [3.05, 3.63) is 24.3 Å². The summed E-state index contributed by atoms with van der Waals surface area (Å²) in [6.07, 6.45) is 0. The van der Waals surface area contributed by atoms with Gasteiger partial charge >= 0.3 is 59.1 Å². The van der Waals surface area contributed by atoms with Crippen molar-refractivity contribution in [2.75, 3.05) is 5.32 Å². The van der Waals surface area contributed by atoms with Gasteiger partial charge in [-0.2, -0.15) is 0 Å². The molecule has 0 aromatic heterocycles. The predicted molar refractivity (Wildman–Crippen MR) is 75.8 cm³/mol. The number of phenolic OH excluding ortho intramolecular Hbond substituents is 1. The van der Waals surface area contributed by atoms with E-state index in [1.165, 1.54) is 0 Å². The number of aromatic hydroxyl groups is 1. The number of carbonyl (C=O) groups excluding carboxylic acids is 1. The first-order chi connectivity index (χ1) is 10.4. The quantitative estimate of drug-likeness (QED) is 0.377. The van der Waals surface area contributed by atoms with E-state index >= 15 is 0 Å². The van der Waals surface area contributed by atoms with Gasteiger partial charge in [0.2, 0.25) is 5.91 Å². The fourth-order valence-corrected chi connectivity index (χ4v) is 3.25. The SMILES string of the molecule is CC(=O)Nc1ccc(S(=O)(=O)[O-])c2cc(S(=O)(=O)[O-])cc(O)c12.[Na+].[Na+]. The third-order valence-electron chi connectivity index (χ3n) is 2.90. The summed E-state index contributed by atoms with van der Waals surface area (Å²) in [7, 11) is -10.0. The van der Waals surface area contributed by atoms with Crippen LogP contribution in [0.3, 0.4) is 0 Å². The minimum Gasteiger partial charge on any atom is -0.744 e. The maximum atomic E-state index is 11.3. The van der Waals surface area contributed by atoms with Gasteiger partial charge in [0.1, 0.15) is 26.0 Å². The molecule has 0 heterocycles. The van der Waals surface area contributed by atoms with Gasteiger partial charge in [0.05, 0.1) is 15.5 Å². The Hall–Kier alpha value is -0.210. The number of phenols is 1. The molecule has 0 saturated carbocycles. The number of carbonyl (C=O) groups is 1. The average molecular weight is 405 g/mol. The van der Waals surface area contributed by atoms with Gasteiger partial charge in [-0.3, -0.25) is 4.79 Å². The van der Waals surface area contributed by atoms with E-state index in [0.29, 0.717) is 12.1 Å². The van der Waals surface area contributed by atoms with Crippen molar-refractivity contribution in [1.29, 1.82) is 0 Å². The number of anilines is 1. The number of benzene rings is 2. The second kappa shape index (κ2) is 8.65. The molecule has 0 radical (unpaired) electrons. The summed E-state index contributed by atoms with van der Waals surface area (Å²) in [5.41, 5.74) is -0.0488. The zero-order chi connectivity index (χ0) is 17.6. The number of nitrogens with one attached hydrogen (secondary N) is 1. The standard InChI is InChI=1S/C12H11NO8S2.2Na/c1-6(14)13-9-2-3-11(23(19,20)21)8-4-7(22(16,17)18)5-10(15)12(8)9;;/h2-5,15H,1H3,(H,13,14)(H,16,17,18)(H,19,20,21);;/q;2*+1/p-2. The van der Waals surface area contributed by atoms with Gasteiger partial charge < -0.3 is 19.5 Å². The molecule has 2 aromatic rings. The first-order valence-electron chi connectivity index (χ1n) is 5.90. The van der Waals surface area contributed by atoms with Crippen LogP contribution in [0.2, 0.25) is 0 Å². The van der Waals surface area contributed by atoms with Crippen molar-refractivity contribution in [3.63, 3.8) is 0 Å². The monoisotopic (exact) mass is 405 g/mol. The van der Waals surface area contributed by atoms with Crippen LogP contribution in [0.25, 0.3) is 10.8 Å². The number of rotatable bonds is 3. The molecule has 0 atom stereocenters. The van der Waals surface area contributed by atoms with Gasteiger partial charge in [-0.1, -0.05) is 0 Å². The summed E-state index contributed by atoms with van der Waals surface area (Å²) in [5.74, 6) is -1.32. The van der Waals surface area contributed by atoms with Crippen LogP contribution in [0.15, 0.2) is 34.1 Å². The largest absolute Gasteiger partial charge is 1.00 e. The van der Waals surface area contributed by atoms with E-state index < -0.39 is 47.1 Å². The molecular weight excluding hydrogens is 396 g/mol. The van der Waals surface area contributed by atoms with Crippen molar-refractivity contribution in [2.24, 2.45) is 0 Å². The van der Waals surface area contributed by atoms with Crippen molar-refractivity contribution in [1.82, 2.24) is 0 Å². The summed E-state index contributed by atoms with van der Waals surface area (Å²) in [5, 5.41) is 11.5.